The first-order valence-corrected chi connectivity index (χ1v) is 10.7. The van der Waals surface area contributed by atoms with Crippen molar-refractivity contribution in [3.05, 3.63) is 64.0 Å². The van der Waals surface area contributed by atoms with Crippen LogP contribution < -0.4 is 10.1 Å². The van der Waals surface area contributed by atoms with Gasteiger partial charge in [-0.2, -0.15) is 14.0 Å². The highest BCUT2D eigenvalue weighted by atomic mass is 127. The van der Waals surface area contributed by atoms with E-state index in [0.717, 1.165) is 17.7 Å². The van der Waals surface area contributed by atoms with Crippen molar-refractivity contribution < 1.29 is 32.4 Å². The molecule has 0 bridgehead atoms. The van der Waals surface area contributed by atoms with Crippen molar-refractivity contribution in [2.75, 3.05) is 14.2 Å². The van der Waals surface area contributed by atoms with Gasteiger partial charge in [-0.3, -0.25) is 4.79 Å². The zero-order valence-corrected chi connectivity index (χ0v) is 20.7. The van der Waals surface area contributed by atoms with Crippen LogP contribution in [0.25, 0.3) is 0 Å². The smallest absolute Gasteiger partial charge is 0.421 e. The molecule has 0 aliphatic heterocycles. The van der Waals surface area contributed by atoms with E-state index in [1.54, 1.807) is 31.2 Å². The van der Waals surface area contributed by atoms with Crippen LogP contribution in [0.4, 0.5) is 13.2 Å². The van der Waals surface area contributed by atoms with Crippen molar-refractivity contribution >= 4 is 39.9 Å². The minimum atomic E-state index is -3.73. The van der Waals surface area contributed by atoms with Crippen LogP contribution in [0.1, 0.15) is 34.7 Å². The second-order valence-corrected chi connectivity index (χ2v) is 7.97. The highest BCUT2D eigenvalue weighted by Crippen LogP contribution is 2.34. The van der Waals surface area contributed by atoms with Crippen LogP contribution in [0.15, 0.2) is 40.6 Å². The van der Waals surface area contributed by atoms with E-state index in [4.69, 9.17) is 9.68 Å². The summed E-state index contributed by atoms with van der Waals surface area (Å²) in [7, 11) is 2.74. The van der Waals surface area contributed by atoms with Gasteiger partial charge < -0.3 is 19.7 Å². The highest BCUT2D eigenvalue weighted by Gasteiger charge is 2.31. The molecule has 180 valence electrons. The Kier molecular flexibility index (Phi) is 9.25. The van der Waals surface area contributed by atoms with Crippen molar-refractivity contribution in [3.8, 4) is 11.8 Å². The molecule has 1 amide bonds. The third-order valence-electron chi connectivity index (χ3n) is 4.51. The maximum Gasteiger partial charge on any atom is 0.451 e. The largest absolute Gasteiger partial charge is 0.451 e. The fraction of sp³-hybridized carbons (Fsp3) is 0.273. The molecule has 0 atom stereocenters. The fourth-order valence-corrected chi connectivity index (χ4v) is 3.22. The molecular formula is C22H20F3IN4O4. The molecular weight excluding hydrogens is 568 g/mol. The molecule has 0 saturated heterocycles. The summed E-state index contributed by atoms with van der Waals surface area (Å²) in [6.07, 6.45) is 0. The summed E-state index contributed by atoms with van der Waals surface area (Å²) in [5.74, 6) is -2.41. The van der Waals surface area contributed by atoms with Gasteiger partial charge in [0.15, 0.2) is 17.3 Å². The van der Waals surface area contributed by atoms with E-state index in [2.05, 4.69) is 20.4 Å². The Hall–Kier alpha value is -3.34. The molecule has 0 aromatic heterocycles. The van der Waals surface area contributed by atoms with Crippen LogP contribution in [-0.4, -0.2) is 35.6 Å². The first kappa shape index (κ1) is 26.9. The molecule has 0 unspecified atom stereocenters. The summed E-state index contributed by atoms with van der Waals surface area (Å²) in [4.78, 5) is 22.4. The Bertz CT molecular complexity index is 1170. The number of alkyl halides is 3. The van der Waals surface area contributed by atoms with E-state index >= 15 is 0 Å². The third-order valence-corrected chi connectivity index (χ3v) is 4.73. The number of rotatable bonds is 9. The summed E-state index contributed by atoms with van der Waals surface area (Å²) < 4.78 is 41.9. The van der Waals surface area contributed by atoms with Crippen molar-refractivity contribution in [1.82, 2.24) is 5.32 Å². The van der Waals surface area contributed by atoms with E-state index in [1.807, 2.05) is 0 Å². The lowest BCUT2D eigenvalue weighted by atomic mass is 9.98. The number of carbonyl (C=O) groups excluding carboxylic acids is 1. The minimum Gasteiger partial charge on any atom is -0.421 e. The number of likely N-dealkylation sites (N-methyl/N-ethyl adjacent to an activating group) is 1. The summed E-state index contributed by atoms with van der Waals surface area (Å²) in [5, 5.41) is 19.5. The monoisotopic (exact) mass is 588 g/mol. The van der Waals surface area contributed by atoms with Gasteiger partial charge in [0.2, 0.25) is 0 Å². The van der Waals surface area contributed by atoms with Crippen molar-refractivity contribution in [1.29, 1.82) is 5.26 Å². The van der Waals surface area contributed by atoms with E-state index in [1.165, 1.54) is 21.1 Å². The molecule has 2 aromatic rings. The van der Waals surface area contributed by atoms with Crippen LogP contribution >= 0.6 is 22.6 Å². The maximum absolute atomic E-state index is 14.3. The molecule has 1 N–H and O–H groups in total. The minimum absolute atomic E-state index is 0.00450. The number of oxime groups is 2. The van der Waals surface area contributed by atoms with Gasteiger partial charge in [0.1, 0.15) is 13.7 Å². The Labute approximate surface area is 207 Å². The zero-order valence-electron chi connectivity index (χ0n) is 18.6. The lowest BCUT2D eigenvalue weighted by Crippen LogP contribution is -2.29. The van der Waals surface area contributed by atoms with Gasteiger partial charge in [-0.15, -0.1) is 0 Å². The second-order valence-electron chi connectivity index (χ2n) is 6.71. The van der Waals surface area contributed by atoms with Gasteiger partial charge in [-0.1, -0.05) is 28.5 Å². The molecule has 2 aromatic carbocycles. The quantitative estimate of drug-likeness (QED) is 0.202. The van der Waals surface area contributed by atoms with Gasteiger partial charge in [-0.05, 0) is 31.5 Å². The number of hydrogen-bond donors (Lipinski definition) is 1. The summed E-state index contributed by atoms with van der Waals surface area (Å²) in [5.41, 5.74) is 1.25. The van der Waals surface area contributed by atoms with Crippen LogP contribution in [-0.2, 0) is 21.1 Å². The number of nitrogens with zero attached hydrogens (tertiary/aromatic N) is 3. The number of ether oxygens (including phenoxy) is 1. The molecule has 8 nitrogen and oxygen atoms in total. The van der Waals surface area contributed by atoms with Crippen LogP contribution in [0, 0.1) is 24.1 Å². The number of carbonyl (C=O) groups is 1. The Morgan fingerprint density at radius 1 is 1.26 bits per heavy atom. The van der Waals surface area contributed by atoms with Crippen molar-refractivity contribution in [2.24, 2.45) is 10.3 Å². The molecule has 0 fully saturated rings. The average molecular weight is 588 g/mol. The molecule has 0 spiro atoms. The lowest BCUT2D eigenvalue weighted by molar-refractivity contribution is -0.114. The van der Waals surface area contributed by atoms with E-state index in [9.17, 15) is 23.2 Å². The zero-order chi connectivity index (χ0) is 25.5. The third kappa shape index (κ3) is 6.60. The summed E-state index contributed by atoms with van der Waals surface area (Å²) in [6.45, 7) is 2.98. The molecule has 0 saturated carbocycles. The Morgan fingerprint density at radius 3 is 2.56 bits per heavy atom. The van der Waals surface area contributed by atoms with Gasteiger partial charge >= 0.3 is 4.12 Å². The van der Waals surface area contributed by atoms with Gasteiger partial charge in [-0.25, -0.2) is 4.39 Å². The normalized spacial score (nSPS) is 12.1. The van der Waals surface area contributed by atoms with E-state index in [-0.39, 0.29) is 29.2 Å². The highest BCUT2D eigenvalue weighted by molar-refractivity contribution is 14.1. The number of nitriles is 1. The second kappa shape index (κ2) is 11.7. The number of benzene rings is 2. The molecule has 0 heterocycles. The topological polar surface area (TPSA) is 105 Å². The fourth-order valence-electron chi connectivity index (χ4n) is 3.00. The van der Waals surface area contributed by atoms with Gasteiger partial charge in [0.25, 0.3) is 5.91 Å². The predicted molar refractivity (Wildman–Crippen MR) is 127 cm³/mol. The molecule has 0 aliphatic carbocycles. The van der Waals surface area contributed by atoms with E-state index < -0.39 is 21.6 Å². The number of hydrogen-bond acceptors (Lipinski definition) is 7. The maximum atomic E-state index is 14.3. The average Bonchev–Trinajstić information content (AvgIpc) is 2.78. The van der Waals surface area contributed by atoms with Crippen LogP contribution in [0.5, 0.6) is 5.75 Å². The SMILES string of the molecule is CNC(=O)/C(=N/OC)c1cccc(C)c1CO/N=C(\C)c1c(C#N)ccc(F)c1OC(F)(F)I. The number of halogens is 4. The van der Waals surface area contributed by atoms with Crippen molar-refractivity contribution in [3.63, 3.8) is 0 Å². The number of nitrogens with one attached hydrogen (secondary N) is 1. The first-order chi connectivity index (χ1) is 16.0. The Balaban J connectivity index is 2.45. The molecule has 0 radical (unpaired) electrons. The van der Waals surface area contributed by atoms with Crippen LogP contribution in [0.3, 0.4) is 0 Å². The van der Waals surface area contributed by atoms with Gasteiger partial charge in [0.05, 0.1) is 45.5 Å². The summed E-state index contributed by atoms with van der Waals surface area (Å²) in [6, 6.07) is 8.91. The van der Waals surface area contributed by atoms with Gasteiger partial charge in [0, 0.05) is 18.2 Å². The number of amides is 1. The molecule has 12 heteroatoms. The van der Waals surface area contributed by atoms with Crippen molar-refractivity contribution in [2.45, 2.75) is 24.6 Å². The predicted octanol–water partition coefficient (Wildman–Crippen LogP) is 4.41. The molecule has 0 aliphatic rings. The first-order valence-electron chi connectivity index (χ1n) is 9.61. The standard InChI is InChI=1S/C22H20F3IN4O4/c1-12-6-5-7-15(19(30-32-4)21(31)28-3)16(12)11-33-29-13(2)18-14(10-27)8-9-17(23)20(18)34-22(24,25)26/h5-9H,11H2,1-4H3,(H,28,31)/b29-13+,30-19+. The number of aryl methyl sites for hydroxylation is 1. The van der Waals surface area contributed by atoms with Crippen LogP contribution in [0.2, 0.25) is 0 Å². The molecule has 2 rings (SSSR count). The summed E-state index contributed by atoms with van der Waals surface area (Å²) >= 11 is 0.695. The Morgan fingerprint density at radius 2 is 1.97 bits per heavy atom. The lowest BCUT2D eigenvalue weighted by Gasteiger charge is -2.17. The molecule has 34 heavy (non-hydrogen) atoms. The van der Waals surface area contributed by atoms with E-state index in [0.29, 0.717) is 33.7 Å².